The summed E-state index contributed by atoms with van der Waals surface area (Å²) < 4.78 is 23.4. The van der Waals surface area contributed by atoms with Gasteiger partial charge >= 0.3 is 0 Å². The van der Waals surface area contributed by atoms with E-state index < -0.39 is 9.84 Å². The minimum atomic E-state index is -2.98. The van der Waals surface area contributed by atoms with Crippen LogP contribution in [0.5, 0.6) is 0 Å². The van der Waals surface area contributed by atoms with Gasteiger partial charge in [0.25, 0.3) is 0 Å². The Morgan fingerprint density at radius 1 is 1.50 bits per heavy atom. The van der Waals surface area contributed by atoms with Crippen molar-refractivity contribution in [1.82, 2.24) is 4.98 Å². The Hall–Kier alpha value is -1.63. The molecule has 0 spiro atoms. The molecule has 0 bridgehead atoms. The van der Waals surface area contributed by atoms with E-state index in [1.807, 2.05) is 31.7 Å². The molecule has 110 valence electrons. The van der Waals surface area contributed by atoms with E-state index in [4.69, 9.17) is 11.1 Å². The minimum Gasteiger partial charge on any atom is -0.384 e. The predicted molar refractivity (Wildman–Crippen MR) is 80.2 cm³/mol. The fraction of sp³-hybridized carbons (Fsp3) is 0.538. The Bertz CT molecular complexity index is 655. The van der Waals surface area contributed by atoms with E-state index in [2.05, 4.69) is 4.98 Å². The molecule has 1 atom stereocenters. The molecular weight excluding hydrogens is 276 g/mol. The predicted octanol–water partition coefficient (Wildman–Crippen LogP) is 0.606. The van der Waals surface area contributed by atoms with Gasteiger partial charge in [-0.25, -0.2) is 13.4 Å². The average molecular weight is 296 g/mol. The van der Waals surface area contributed by atoms with Crippen molar-refractivity contribution in [2.24, 2.45) is 5.73 Å². The molecule has 0 saturated carbocycles. The Morgan fingerprint density at radius 3 is 2.70 bits per heavy atom. The lowest BCUT2D eigenvalue weighted by Gasteiger charge is -2.35. The molecule has 0 radical (unpaired) electrons. The molecule has 2 rings (SSSR count). The molecule has 0 amide bonds. The summed E-state index contributed by atoms with van der Waals surface area (Å²) in [6.07, 6.45) is 0. The Kier molecular flexibility index (Phi) is 3.73. The van der Waals surface area contributed by atoms with Crippen LogP contribution in [0, 0.1) is 19.3 Å². The second-order valence-corrected chi connectivity index (χ2v) is 7.58. The molecule has 2 heterocycles. The van der Waals surface area contributed by atoms with Crippen LogP contribution in [-0.4, -0.2) is 43.3 Å². The molecule has 1 saturated heterocycles. The zero-order valence-electron chi connectivity index (χ0n) is 12.0. The van der Waals surface area contributed by atoms with E-state index in [1.54, 1.807) is 0 Å². The molecule has 3 N–H and O–H groups in total. The highest BCUT2D eigenvalue weighted by atomic mass is 32.2. The summed E-state index contributed by atoms with van der Waals surface area (Å²) in [6, 6.07) is 1.71. The number of hydrogen-bond acceptors (Lipinski definition) is 5. The van der Waals surface area contributed by atoms with Crippen LogP contribution in [0.25, 0.3) is 0 Å². The Morgan fingerprint density at radius 2 is 2.15 bits per heavy atom. The maximum Gasteiger partial charge on any atom is 0.154 e. The van der Waals surface area contributed by atoms with Crippen molar-refractivity contribution in [3.05, 3.63) is 22.9 Å². The van der Waals surface area contributed by atoms with E-state index in [0.29, 0.717) is 17.9 Å². The highest BCUT2D eigenvalue weighted by molar-refractivity contribution is 7.91. The van der Waals surface area contributed by atoms with Crippen LogP contribution in [0.1, 0.15) is 23.7 Å². The number of nitrogens with two attached hydrogens (primary N) is 1. The van der Waals surface area contributed by atoms with Crippen LogP contribution in [0.15, 0.2) is 6.07 Å². The number of aryl methyl sites for hydroxylation is 2. The molecule has 0 aromatic carbocycles. The number of anilines is 1. The van der Waals surface area contributed by atoms with Crippen molar-refractivity contribution in [2.45, 2.75) is 26.8 Å². The van der Waals surface area contributed by atoms with Gasteiger partial charge in [-0.15, -0.1) is 0 Å². The van der Waals surface area contributed by atoms with Gasteiger partial charge in [0.15, 0.2) is 9.84 Å². The lowest BCUT2D eigenvalue weighted by Crippen LogP contribution is -2.48. The Balaban J connectivity index is 2.50. The SMILES string of the molecule is Cc1cc(C)c(C(=N)N)c(N2CCS(=O)(=O)CC2C)n1. The number of nitrogen functional groups attached to an aromatic ring is 1. The molecule has 1 aliphatic heterocycles. The molecule has 0 aliphatic carbocycles. The van der Waals surface area contributed by atoms with Crippen molar-refractivity contribution in [3.8, 4) is 0 Å². The molecule has 7 heteroatoms. The second-order valence-electron chi connectivity index (χ2n) is 5.35. The number of aromatic nitrogens is 1. The first kappa shape index (κ1) is 14.8. The standard InChI is InChI=1S/C13H20N4O2S/c1-8-6-9(2)16-13(11(8)12(14)15)17-4-5-20(18,19)7-10(17)3/h6,10H,4-5,7H2,1-3H3,(H3,14,15). The summed E-state index contributed by atoms with van der Waals surface area (Å²) in [6.45, 7) is 6.02. The number of hydrogen-bond donors (Lipinski definition) is 2. The van der Waals surface area contributed by atoms with E-state index >= 15 is 0 Å². The van der Waals surface area contributed by atoms with E-state index in [0.717, 1.165) is 11.3 Å². The topological polar surface area (TPSA) is 100 Å². The van der Waals surface area contributed by atoms with Crippen LogP contribution in [0.3, 0.4) is 0 Å². The van der Waals surface area contributed by atoms with Gasteiger partial charge in [0, 0.05) is 18.3 Å². The number of pyridine rings is 1. The first-order chi connectivity index (χ1) is 9.21. The summed E-state index contributed by atoms with van der Waals surface area (Å²) >= 11 is 0. The molecule has 1 fully saturated rings. The summed E-state index contributed by atoms with van der Waals surface area (Å²) in [5.41, 5.74) is 7.99. The molecule has 6 nitrogen and oxygen atoms in total. The average Bonchev–Trinajstić information content (AvgIpc) is 2.25. The van der Waals surface area contributed by atoms with Crippen molar-refractivity contribution in [2.75, 3.05) is 23.0 Å². The smallest absolute Gasteiger partial charge is 0.154 e. The van der Waals surface area contributed by atoms with Gasteiger partial charge in [-0.3, -0.25) is 5.41 Å². The number of amidine groups is 1. The fourth-order valence-corrected chi connectivity index (χ4v) is 4.23. The maximum absolute atomic E-state index is 11.7. The van der Waals surface area contributed by atoms with Gasteiger partial charge in [0.05, 0.1) is 17.1 Å². The minimum absolute atomic E-state index is 0.0365. The summed E-state index contributed by atoms with van der Waals surface area (Å²) in [7, 11) is -2.98. The molecule has 1 unspecified atom stereocenters. The number of nitrogens with one attached hydrogen (secondary N) is 1. The highest BCUT2D eigenvalue weighted by Crippen LogP contribution is 2.26. The number of sulfone groups is 1. The molecule has 1 aliphatic rings. The first-order valence-electron chi connectivity index (χ1n) is 6.51. The largest absolute Gasteiger partial charge is 0.384 e. The highest BCUT2D eigenvalue weighted by Gasteiger charge is 2.31. The van der Waals surface area contributed by atoms with Crippen molar-refractivity contribution < 1.29 is 8.42 Å². The van der Waals surface area contributed by atoms with Gasteiger partial charge in [0.2, 0.25) is 0 Å². The second kappa shape index (κ2) is 5.05. The lowest BCUT2D eigenvalue weighted by atomic mass is 10.1. The monoisotopic (exact) mass is 296 g/mol. The third-order valence-corrected chi connectivity index (χ3v) is 5.33. The lowest BCUT2D eigenvalue weighted by molar-refractivity contribution is 0.566. The van der Waals surface area contributed by atoms with Crippen molar-refractivity contribution in [3.63, 3.8) is 0 Å². The summed E-state index contributed by atoms with van der Waals surface area (Å²) in [5, 5.41) is 7.74. The maximum atomic E-state index is 11.7. The van der Waals surface area contributed by atoms with E-state index in [-0.39, 0.29) is 23.4 Å². The van der Waals surface area contributed by atoms with E-state index in [1.165, 1.54) is 0 Å². The molecule has 20 heavy (non-hydrogen) atoms. The summed E-state index contributed by atoms with van der Waals surface area (Å²) in [4.78, 5) is 6.43. The quantitative estimate of drug-likeness (QED) is 0.615. The van der Waals surface area contributed by atoms with Crippen molar-refractivity contribution in [1.29, 1.82) is 5.41 Å². The van der Waals surface area contributed by atoms with Crippen LogP contribution < -0.4 is 10.6 Å². The normalized spacial score (nSPS) is 21.8. The zero-order valence-corrected chi connectivity index (χ0v) is 12.8. The van der Waals surface area contributed by atoms with Crippen LogP contribution in [0.2, 0.25) is 0 Å². The van der Waals surface area contributed by atoms with Crippen LogP contribution in [0.4, 0.5) is 5.82 Å². The molecule has 1 aromatic heterocycles. The van der Waals surface area contributed by atoms with Gasteiger partial charge < -0.3 is 10.6 Å². The zero-order chi connectivity index (χ0) is 15.1. The van der Waals surface area contributed by atoms with Gasteiger partial charge in [-0.05, 0) is 32.4 Å². The number of nitrogens with zero attached hydrogens (tertiary/aromatic N) is 2. The number of rotatable bonds is 2. The van der Waals surface area contributed by atoms with Crippen LogP contribution >= 0.6 is 0 Å². The summed E-state index contributed by atoms with van der Waals surface area (Å²) in [5.74, 6) is 0.811. The third-order valence-electron chi connectivity index (χ3n) is 3.54. The van der Waals surface area contributed by atoms with E-state index in [9.17, 15) is 8.42 Å². The van der Waals surface area contributed by atoms with Gasteiger partial charge in [0.1, 0.15) is 11.7 Å². The first-order valence-corrected chi connectivity index (χ1v) is 8.33. The Labute approximate surface area is 119 Å². The van der Waals surface area contributed by atoms with Crippen LogP contribution in [-0.2, 0) is 9.84 Å². The fourth-order valence-electron chi connectivity index (χ4n) is 2.67. The van der Waals surface area contributed by atoms with Gasteiger partial charge in [-0.1, -0.05) is 0 Å². The molecular formula is C13H20N4O2S. The van der Waals surface area contributed by atoms with Crippen molar-refractivity contribution >= 4 is 21.5 Å². The third kappa shape index (κ3) is 2.77. The van der Waals surface area contributed by atoms with Gasteiger partial charge in [-0.2, -0.15) is 0 Å². The molecule has 1 aromatic rings.